The summed E-state index contributed by atoms with van der Waals surface area (Å²) in [6.45, 7) is 8.94. The van der Waals surface area contributed by atoms with E-state index in [1.165, 1.54) is 24.8 Å². The number of ether oxygens (including phenoxy) is 2. The lowest BCUT2D eigenvalue weighted by molar-refractivity contribution is -0.122. The summed E-state index contributed by atoms with van der Waals surface area (Å²) in [7, 11) is 0. The van der Waals surface area contributed by atoms with Gasteiger partial charge in [-0.05, 0) is 49.1 Å². The summed E-state index contributed by atoms with van der Waals surface area (Å²) in [6.07, 6.45) is 4.08. The van der Waals surface area contributed by atoms with Crippen LogP contribution in [0.4, 0.5) is 5.69 Å². The second kappa shape index (κ2) is 11.4. The van der Waals surface area contributed by atoms with Crippen molar-refractivity contribution < 1.29 is 14.3 Å². The van der Waals surface area contributed by atoms with Gasteiger partial charge in [0.2, 0.25) is 0 Å². The number of unbranched alkanes of at least 4 members (excludes halogenated alkanes) is 3. The van der Waals surface area contributed by atoms with Crippen LogP contribution >= 0.6 is 0 Å². The topological polar surface area (TPSA) is 47.6 Å². The number of rotatable bonds is 11. The number of carbonyl (C=O) groups excluding carboxylic acids is 1. The molecule has 0 radical (unpaired) electrons. The van der Waals surface area contributed by atoms with Gasteiger partial charge in [-0.15, -0.1) is 0 Å². The van der Waals surface area contributed by atoms with E-state index in [0.29, 0.717) is 24.0 Å². The second-order valence-corrected chi connectivity index (χ2v) is 7.41. The van der Waals surface area contributed by atoms with Crippen LogP contribution in [0, 0.1) is 0 Å². The Morgan fingerprint density at radius 1 is 0.964 bits per heavy atom. The molecule has 1 amide bonds. The Balaban J connectivity index is 1.84. The maximum absolute atomic E-state index is 12.5. The summed E-state index contributed by atoms with van der Waals surface area (Å²) in [4.78, 5) is 12.5. The van der Waals surface area contributed by atoms with Gasteiger partial charge in [0.15, 0.2) is 6.10 Å². The number of nitrogens with one attached hydrogen (secondary N) is 1. The number of benzene rings is 2. The summed E-state index contributed by atoms with van der Waals surface area (Å²) < 4.78 is 11.6. The van der Waals surface area contributed by atoms with Crippen LogP contribution in [-0.4, -0.2) is 18.6 Å². The first kappa shape index (κ1) is 21.8. The van der Waals surface area contributed by atoms with Gasteiger partial charge in [-0.25, -0.2) is 0 Å². The normalized spacial score (nSPS) is 11.9. The van der Waals surface area contributed by atoms with E-state index in [0.717, 1.165) is 12.2 Å². The van der Waals surface area contributed by atoms with Crippen LogP contribution in [-0.2, 0) is 4.79 Å². The van der Waals surface area contributed by atoms with E-state index in [9.17, 15) is 4.79 Å². The molecule has 28 heavy (non-hydrogen) atoms. The van der Waals surface area contributed by atoms with Crippen molar-refractivity contribution in [2.45, 2.75) is 65.4 Å². The van der Waals surface area contributed by atoms with E-state index in [-0.39, 0.29) is 5.91 Å². The van der Waals surface area contributed by atoms with Crippen molar-refractivity contribution in [1.82, 2.24) is 0 Å². The maximum atomic E-state index is 12.5. The monoisotopic (exact) mass is 383 g/mol. The lowest BCUT2D eigenvalue weighted by Crippen LogP contribution is -2.30. The molecule has 2 aromatic rings. The van der Waals surface area contributed by atoms with E-state index < -0.39 is 6.10 Å². The standard InChI is InChI=1S/C24H33NO3/c1-5-6-7-8-16-27-23-11-9-10-21(17-23)25-24(26)19(4)28-22-14-12-20(13-15-22)18(2)3/h9-15,17-19H,5-8,16H2,1-4H3,(H,25,26). The molecule has 0 saturated heterocycles. The first-order valence-corrected chi connectivity index (χ1v) is 10.3. The highest BCUT2D eigenvalue weighted by Gasteiger charge is 2.15. The fraction of sp³-hybridized carbons (Fsp3) is 0.458. The molecule has 0 aromatic heterocycles. The van der Waals surface area contributed by atoms with E-state index in [1.54, 1.807) is 6.92 Å². The van der Waals surface area contributed by atoms with Gasteiger partial charge in [-0.1, -0.05) is 58.2 Å². The molecule has 2 rings (SSSR count). The van der Waals surface area contributed by atoms with Crippen LogP contribution in [0.3, 0.4) is 0 Å². The van der Waals surface area contributed by atoms with Gasteiger partial charge in [-0.2, -0.15) is 0 Å². The molecule has 4 heteroatoms. The van der Waals surface area contributed by atoms with E-state index in [1.807, 2.05) is 48.5 Å². The molecule has 1 N–H and O–H groups in total. The predicted octanol–water partition coefficient (Wildman–Crippen LogP) is 6.18. The molecule has 0 aliphatic heterocycles. The fourth-order valence-corrected chi connectivity index (χ4v) is 2.82. The molecular formula is C24H33NO3. The molecule has 0 bridgehead atoms. The third-order valence-electron chi connectivity index (χ3n) is 4.60. The molecule has 0 aliphatic rings. The van der Waals surface area contributed by atoms with Gasteiger partial charge < -0.3 is 14.8 Å². The molecule has 152 valence electrons. The Morgan fingerprint density at radius 3 is 2.39 bits per heavy atom. The maximum Gasteiger partial charge on any atom is 0.265 e. The van der Waals surface area contributed by atoms with Gasteiger partial charge in [-0.3, -0.25) is 4.79 Å². The average molecular weight is 384 g/mol. The predicted molar refractivity (Wildman–Crippen MR) is 115 cm³/mol. The minimum absolute atomic E-state index is 0.187. The molecule has 1 unspecified atom stereocenters. The van der Waals surface area contributed by atoms with Crippen molar-refractivity contribution in [3.8, 4) is 11.5 Å². The molecule has 1 atom stereocenters. The zero-order valence-corrected chi connectivity index (χ0v) is 17.5. The van der Waals surface area contributed by atoms with Crippen molar-refractivity contribution in [3.63, 3.8) is 0 Å². The highest BCUT2D eigenvalue weighted by Crippen LogP contribution is 2.21. The first-order chi connectivity index (χ1) is 13.5. The third kappa shape index (κ3) is 7.26. The number of carbonyl (C=O) groups is 1. The highest BCUT2D eigenvalue weighted by atomic mass is 16.5. The Morgan fingerprint density at radius 2 is 1.71 bits per heavy atom. The minimum atomic E-state index is -0.594. The molecule has 0 aliphatic carbocycles. The van der Waals surface area contributed by atoms with Crippen LogP contribution < -0.4 is 14.8 Å². The summed E-state index contributed by atoms with van der Waals surface area (Å²) in [5.41, 5.74) is 1.96. The average Bonchev–Trinajstić information content (AvgIpc) is 2.68. The molecule has 0 heterocycles. The van der Waals surface area contributed by atoms with Crippen LogP contribution in [0.5, 0.6) is 11.5 Å². The molecule has 0 spiro atoms. The Kier molecular flexibility index (Phi) is 8.86. The molecular weight excluding hydrogens is 350 g/mol. The summed E-state index contributed by atoms with van der Waals surface area (Å²) in [5, 5.41) is 2.90. The summed E-state index contributed by atoms with van der Waals surface area (Å²) >= 11 is 0. The summed E-state index contributed by atoms with van der Waals surface area (Å²) in [5.74, 6) is 1.74. The minimum Gasteiger partial charge on any atom is -0.494 e. The van der Waals surface area contributed by atoms with Crippen molar-refractivity contribution >= 4 is 11.6 Å². The fourth-order valence-electron chi connectivity index (χ4n) is 2.82. The molecule has 2 aromatic carbocycles. The number of anilines is 1. The van der Waals surface area contributed by atoms with Gasteiger partial charge in [0.05, 0.1) is 6.61 Å². The zero-order chi connectivity index (χ0) is 20.4. The molecule has 0 fully saturated rings. The Labute approximate surface area is 169 Å². The Bertz CT molecular complexity index is 725. The van der Waals surface area contributed by atoms with Crippen molar-refractivity contribution in [2.24, 2.45) is 0 Å². The number of hydrogen-bond acceptors (Lipinski definition) is 3. The second-order valence-electron chi connectivity index (χ2n) is 7.41. The van der Waals surface area contributed by atoms with E-state index in [4.69, 9.17) is 9.47 Å². The van der Waals surface area contributed by atoms with Gasteiger partial charge in [0.25, 0.3) is 5.91 Å². The number of amides is 1. The van der Waals surface area contributed by atoms with E-state index in [2.05, 4.69) is 26.1 Å². The van der Waals surface area contributed by atoms with Crippen LogP contribution in [0.2, 0.25) is 0 Å². The van der Waals surface area contributed by atoms with E-state index >= 15 is 0 Å². The quantitative estimate of drug-likeness (QED) is 0.472. The third-order valence-corrected chi connectivity index (χ3v) is 4.60. The van der Waals surface area contributed by atoms with Crippen molar-refractivity contribution in [2.75, 3.05) is 11.9 Å². The lowest BCUT2D eigenvalue weighted by Gasteiger charge is -2.16. The van der Waals surface area contributed by atoms with Crippen LogP contribution in [0.15, 0.2) is 48.5 Å². The lowest BCUT2D eigenvalue weighted by atomic mass is 10.0. The van der Waals surface area contributed by atoms with Gasteiger partial charge in [0.1, 0.15) is 11.5 Å². The van der Waals surface area contributed by atoms with Gasteiger partial charge in [0, 0.05) is 11.8 Å². The largest absolute Gasteiger partial charge is 0.494 e. The number of hydrogen-bond donors (Lipinski definition) is 1. The summed E-state index contributed by atoms with van der Waals surface area (Å²) in [6, 6.07) is 15.4. The van der Waals surface area contributed by atoms with Crippen molar-refractivity contribution in [1.29, 1.82) is 0 Å². The highest BCUT2D eigenvalue weighted by molar-refractivity contribution is 5.94. The molecule has 4 nitrogen and oxygen atoms in total. The Hall–Kier alpha value is -2.49. The van der Waals surface area contributed by atoms with Crippen molar-refractivity contribution in [3.05, 3.63) is 54.1 Å². The molecule has 0 saturated carbocycles. The zero-order valence-electron chi connectivity index (χ0n) is 17.5. The smallest absolute Gasteiger partial charge is 0.265 e. The van der Waals surface area contributed by atoms with Crippen LogP contribution in [0.1, 0.15) is 64.9 Å². The van der Waals surface area contributed by atoms with Gasteiger partial charge >= 0.3 is 0 Å². The SMILES string of the molecule is CCCCCCOc1cccc(NC(=O)C(C)Oc2ccc(C(C)C)cc2)c1. The first-order valence-electron chi connectivity index (χ1n) is 10.3. The van der Waals surface area contributed by atoms with Crippen LogP contribution in [0.25, 0.3) is 0 Å².